The second kappa shape index (κ2) is 14.0. The van der Waals surface area contributed by atoms with Gasteiger partial charge < -0.3 is 25.0 Å². The fraction of sp³-hybridized carbons (Fsp3) is 0.444. The number of ether oxygens (including phenoxy) is 2. The van der Waals surface area contributed by atoms with E-state index in [0.29, 0.717) is 26.3 Å². The van der Waals surface area contributed by atoms with E-state index >= 15 is 0 Å². The largest absolute Gasteiger partial charge is 0.494 e. The van der Waals surface area contributed by atoms with Crippen LogP contribution in [0.5, 0.6) is 5.75 Å². The summed E-state index contributed by atoms with van der Waals surface area (Å²) in [6.45, 7) is 3.69. The van der Waals surface area contributed by atoms with Gasteiger partial charge in [-0.25, -0.2) is 0 Å². The molecule has 1 saturated heterocycles. The number of carbonyl (C=O) groups is 3. The lowest BCUT2D eigenvalue weighted by Gasteiger charge is -2.34. The summed E-state index contributed by atoms with van der Waals surface area (Å²) in [4.78, 5) is 38.7. The summed E-state index contributed by atoms with van der Waals surface area (Å²) < 4.78 is 11.0. The summed E-state index contributed by atoms with van der Waals surface area (Å²) in [7, 11) is 0. The SMILES string of the molecule is CCCCOC(=O)CC1C(=O)NCCN1C(=O)CNc1ccc(OCCCc2ccccc2)cc1. The first-order valence-electron chi connectivity index (χ1n) is 12.3. The van der Waals surface area contributed by atoms with Crippen molar-refractivity contribution in [3.05, 3.63) is 60.2 Å². The third-order valence-corrected chi connectivity index (χ3v) is 5.79. The van der Waals surface area contributed by atoms with Crippen molar-refractivity contribution in [3.8, 4) is 5.75 Å². The molecule has 0 aliphatic carbocycles. The molecule has 2 N–H and O–H groups in total. The van der Waals surface area contributed by atoms with Crippen molar-refractivity contribution in [1.29, 1.82) is 0 Å². The van der Waals surface area contributed by atoms with Crippen molar-refractivity contribution in [2.75, 3.05) is 38.2 Å². The standard InChI is InChI=1S/C27H35N3O5/c1-2-3-17-35-26(32)19-24-27(33)28-15-16-30(24)25(31)20-29-22-11-13-23(14-12-22)34-18-7-10-21-8-5-4-6-9-21/h4-6,8-9,11-14,24,29H,2-3,7,10,15-20H2,1H3,(H,28,33). The van der Waals surface area contributed by atoms with Crippen LogP contribution in [-0.2, 0) is 25.5 Å². The molecule has 1 aliphatic heterocycles. The van der Waals surface area contributed by atoms with Gasteiger partial charge in [0.05, 0.1) is 26.2 Å². The molecule has 1 heterocycles. The molecular weight excluding hydrogens is 446 g/mol. The summed E-state index contributed by atoms with van der Waals surface area (Å²) in [5.74, 6) is -0.270. The number of hydrogen-bond acceptors (Lipinski definition) is 6. The molecule has 0 saturated carbocycles. The molecule has 1 unspecified atom stereocenters. The monoisotopic (exact) mass is 481 g/mol. The van der Waals surface area contributed by atoms with Gasteiger partial charge in [-0.05, 0) is 49.1 Å². The molecule has 2 amide bonds. The number of carbonyl (C=O) groups excluding carboxylic acids is 3. The summed E-state index contributed by atoms with van der Waals surface area (Å²) in [5.41, 5.74) is 2.06. The number of hydrogen-bond donors (Lipinski definition) is 2. The van der Waals surface area contributed by atoms with Gasteiger partial charge in [-0.1, -0.05) is 43.7 Å². The summed E-state index contributed by atoms with van der Waals surface area (Å²) >= 11 is 0. The van der Waals surface area contributed by atoms with Gasteiger partial charge in [0.1, 0.15) is 11.8 Å². The number of rotatable bonds is 13. The number of aryl methyl sites for hydroxylation is 1. The van der Waals surface area contributed by atoms with E-state index in [1.54, 1.807) is 0 Å². The molecule has 188 valence electrons. The lowest BCUT2D eigenvalue weighted by molar-refractivity contribution is -0.151. The lowest BCUT2D eigenvalue weighted by atomic mass is 10.1. The Hall–Kier alpha value is -3.55. The van der Waals surface area contributed by atoms with Crippen LogP contribution in [-0.4, -0.2) is 61.6 Å². The zero-order valence-electron chi connectivity index (χ0n) is 20.3. The third kappa shape index (κ3) is 8.63. The highest BCUT2D eigenvalue weighted by Gasteiger charge is 2.34. The van der Waals surface area contributed by atoms with E-state index in [9.17, 15) is 14.4 Å². The minimum atomic E-state index is -0.848. The maximum atomic E-state index is 12.8. The van der Waals surface area contributed by atoms with Crippen molar-refractivity contribution in [2.45, 2.75) is 45.1 Å². The van der Waals surface area contributed by atoms with Gasteiger partial charge in [0.15, 0.2) is 0 Å². The molecule has 0 bridgehead atoms. The molecule has 0 radical (unpaired) electrons. The van der Waals surface area contributed by atoms with Crippen molar-refractivity contribution in [3.63, 3.8) is 0 Å². The molecule has 2 aromatic carbocycles. The average molecular weight is 482 g/mol. The van der Waals surface area contributed by atoms with Gasteiger partial charge >= 0.3 is 5.97 Å². The van der Waals surface area contributed by atoms with E-state index < -0.39 is 12.0 Å². The van der Waals surface area contributed by atoms with E-state index in [-0.39, 0.29) is 24.8 Å². The number of esters is 1. The quantitative estimate of drug-likeness (QED) is 0.337. The lowest BCUT2D eigenvalue weighted by Crippen LogP contribution is -2.58. The third-order valence-electron chi connectivity index (χ3n) is 5.79. The van der Waals surface area contributed by atoms with Crippen molar-refractivity contribution < 1.29 is 23.9 Å². The van der Waals surface area contributed by atoms with E-state index in [0.717, 1.165) is 37.1 Å². The van der Waals surface area contributed by atoms with Crippen molar-refractivity contribution in [1.82, 2.24) is 10.2 Å². The molecule has 3 rings (SSSR count). The van der Waals surface area contributed by atoms with Crippen LogP contribution < -0.4 is 15.4 Å². The zero-order chi connectivity index (χ0) is 24.9. The van der Waals surface area contributed by atoms with Crippen LogP contribution in [0, 0.1) is 0 Å². The van der Waals surface area contributed by atoms with Gasteiger partial charge in [-0.2, -0.15) is 0 Å². The Morgan fingerprint density at radius 3 is 2.57 bits per heavy atom. The Bertz CT molecular complexity index is 949. The maximum absolute atomic E-state index is 12.8. The van der Waals surface area contributed by atoms with Gasteiger partial charge in [0.2, 0.25) is 11.8 Å². The first kappa shape index (κ1) is 26.1. The van der Waals surface area contributed by atoms with Crippen LogP contribution in [0.3, 0.4) is 0 Å². The van der Waals surface area contributed by atoms with Crippen LogP contribution in [0.15, 0.2) is 54.6 Å². The highest BCUT2D eigenvalue weighted by Crippen LogP contribution is 2.17. The van der Waals surface area contributed by atoms with E-state index in [4.69, 9.17) is 9.47 Å². The molecular formula is C27H35N3O5. The number of benzene rings is 2. The number of nitrogens with one attached hydrogen (secondary N) is 2. The molecule has 2 aromatic rings. The van der Waals surface area contributed by atoms with E-state index in [1.165, 1.54) is 10.5 Å². The molecule has 1 atom stereocenters. The highest BCUT2D eigenvalue weighted by molar-refractivity contribution is 5.93. The van der Waals surface area contributed by atoms with Crippen LogP contribution >= 0.6 is 0 Å². The molecule has 8 heteroatoms. The molecule has 1 fully saturated rings. The predicted molar refractivity (Wildman–Crippen MR) is 134 cm³/mol. The van der Waals surface area contributed by atoms with Gasteiger partial charge in [-0.15, -0.1) is 0 Å². The Balaban J connectivity index is 1.43. The number of piperazine rings is 1. The first-order chi connectivity index (χ1) is 17.1. The first-order valence-corrected chi connectivity index (χ1v) is 12.3. The van der Waals surface area contributed by atoms with Crippen LogP contribution in [0.4, 0.5) is 5.69 Å². The smallest absolute Gasteiger partial charge is 0.308 e. The normalized spacial score (nSPS) is 15.3. The predicted octanol–water partition coefficient (Wildman–Crippen LogP) is 3.17. The summed E-state index contributed by atoms with van der Waals surface area (Å²) in [6.07, 6.45) is 3.43. The molecule has 1 aliphatic rings. The number of unbranched alkanes of at least 4 members (excludes halogenated alkanes) is 1. The summed E-state index contributed by atoms with van der Waals surface area (Å²) in [6, 6.07) is 16.9. The van der Waals surface area contributed by atoms with Gasteiger partial charge in [-0.3, -0.25) is 14.4 Å². The molecule has 0 aromatic heterocycles. The Morgan fingerprint density at radius 1 is 1.06 bits per heavy atom. The topological polar surface area (TPSA) is 97.0 Å². The number of nitrogens with zero attached hydrogens (tertiary/aromatic N) is 1. The van der Waals surface area contributed by atoms with Crippen molar-refractivity contribution >= 4 is 23.5 Å². The van der Waals surface area contributed by atoms with Crippen LogP contribution in [0.1, 0.15) is 38.2 Å². The molecule has 35 heavy (non-hydrogen) atoms. The minimum absolute atomic E-state index is 0.0198. The molecule has 0 spiro atoms. The van der Waals surface area contributed by atoms with Gasteiger partial charge in [0, 0.05) is 18.8 Å². The Kier molecular flexibility index (Phi) is 10.4. The average Bonchev–Trinajstić information content (AvgIpc) is 2.88. The van der Waals surface area contributed by atoms with E-state index in [1.807, 2.05) is 49.4 Å². The second-order valence-corrected chi connectivity index (χ2v) is 8.49. The van der Waals surface area contributed by atoms with Crippen LogP contribution in [0.25, 0.3) is 0 Å². The number of anilines is 1. The second-order valence-electron chi connectivity index (χ2n) is 8.49. The fourth-order valence-electron chi connectivity index (χ4n) is 3.82. The summed E-state index contributed by atoms with van der Waals surface area (Å²) in [5, 5.41) is 5.82. The highest BCUT2D eigenvalue weighted by atomic mass is 16.5. The van der Waals surface area contributed by atoms with Crippen LogP contribution in [0.2, 0.25) is 0 Å². The van der Waals surface area contributed by atoms with Crippen molar-refractivity contribution in [2.24, 2.45) is 0 Å². The fourth-order valence-corrected chi connectivity index (χ4v) is 3.82. The molecule has 8 nitrogen and oxygen atoms in total. The maximum Gasteiger partial charge on any atom is 0.308 e. The van der Waals surface area contributed by atoms with E-state index in [2.05, 4.69) is 22.8 Å². The Labute approximate surface area is 207 Å². The Morgan fingerprint density at radius 2 is 1.83 bits per heavy atom. The number of amides is 2. The zero-order valence-corrected chi connectivity index (χ0v) is 20.3. The minimum Gasteiger partial charge on any atom is -0.494 e. The van der Waals surface area contributed by atoms with Gasteiger partial charge in [0.25, 0.3) is 0 Å².